The predicted octanol–water partition coefficient (Wildman–Crippen LogP) is -0.0113. The molecule has 1 saturated heterocycles. The van der Waals surface area contributed by atoms with E-state index in [-0.39, 0.29) is 11.8 Å². The Morgan fingerprint density at radius 1 is 1.10 bits per heavy atom. The number of nitrogens with zero attached hydrogens (tertiary/aromatic N) is 2. The summed E-state index contributed by atoms with van der Waals surface area (Å²) in [5.74, 6) is 0.0992. The maximum Gasteiger partial charge on any atom is 0.238 e. The highest BCUT2D eigenvalue weighted by molar-refractivity contribution is 5.92. The van der Waals surface area contributed by atoms with Gasteiger partial charge in [-0.1, -0.05) is 18.2 Å². The molecule has 0 aromatic heterocycles. The maximum atomic E-state index is 12.0. The van der Waals surface area contributed by atoms with Gasteiger partial charge in [-0.2, -0.15) is 0 Å². The van der Waals surface area contributed by atoms with Gasteiger partial charge in [-0.3, -0.25) is 14.5 Å². The van der Waals surface area contributed by atoms with Crippen LogP contribution in [-0.4, -0.2) is 67.9 Å². The number of carbonyl (C=O) groups is 2. The van der Waals surface area contributed by atoms with E-state index in [2.05, 4.69) is 15.5 Å². The number of amides is 2. The van der Waals surface area contributed by atoms with Crippen LogP contribution in [0.25, 0.3) is 0 Å². The predicted molar refractivity (Wildman–Crippen MR) is 82.0 cm³/mol. The van der Waals surface area contributed by atoms with E-state index in [0.29, 0.717) is 26.2 Å². The average Bonchev–Trinajstić information content (AvgIpc) is 2.49. The van der Waals surface area contributed by atoms with Crippen molar-refractivity contribution in [3.05, 3.63) is 30.3 Å². The Labute approximate surface area is 125 Å². The molecule has 1 heterocycles. The number of piperazine rings is 1. The van der Waals surface area contributed by atoms with Gasteiger partial charge in [0.2, 0.25) is 11.8 Å². The molecule has 1 fully saturated rings. The Bertz CT molecular complexity index is 470. The lowest BCUT2D eigenvalue weighted by Gasteiger charge is -2.34. The Balaban J connectivity index is 1.73. The van der Waals surface area contributed by atoms with Crippen molar-refractivity contribution in [3.63, 3.8) is 0 Å². The molecule has 0 saturated carbocycles. The molecule has 2 amide bonds. The fraction of sp³-hybridized carbons (Fsp3) is 0.467. The highest BCUT2D eigenvalue weighted by atomic mass is 16.2. The summed E-state index contributed by atoms with van der Waals surface area (Å²) >= 11 is 0. The molecule has 2 N–H and O–H groups in total. The first kappa shape index (κ1) is 15.5. The molecule has 1 aromatic rings. The summed E-state index contributed by atoms with van der Waals surface area (Å²) in [7, 11) is 1.77. The molecular formula is C15H22N4O2. The first-order valence-electron chi connectivity index (χ1n) is 7.18. The quantitative estimate of drug-likeness (QED) is 0.800. The van der Waals surface area contributed by atoms with Gasteiger partial charge in [-0.25, -0.2) is 0 Å². The van der Waals surface area contributed by atoms with Gasteiger partial charge >= 0.3 is 0 Å². The first-order chi connectivity index (χ1) is 10.2. The van der Waals surface area contributed by atoms with Gasteiger partial charge in [0.25, 0.3) is 0 Å². The van der Waals surface area contributed by atoms with Crippen LogP contribution in [0, 0.1) is 0 Å². The second kappa shape index (κ2) is 7.75. The lowest BCUT2D eigenvalue weighted by Crippen LogP contribution is -2.51. The van der Waals surface area contributed by atoms with Crippen LogP contribution in [0.3, 0.4) is 0 Å². The minimum atomic E-state index is -0.0174. The number of hydrogen-bond donors (Lipinski definition) is 2. The van der Waals surface area contributed by atoms with Gasteiger partial charge in [-0.05, 0) is 19.2 Å². The van der Waals surface area contributed by atoms with Gasteiger partial charge in [0.05, 0.1) is 13.1 Å². The average molecular weight is 290 g/mol. The van der Waals surface area contributed by atoms with E-state index in [1.807, 2.05) is 35.2 Å². The molecule has 114 valence electrons. The van der Waals surface area contributed by atoms with Crippen LogP contribution in [0.1, 0.15) is 0 Å². The second-order valence-electron chi connectivity index (χ2n) is 5.10. The van der Waals surface area contributed by atoms with Crippen LogP contribution in [0.15, 0.2) is 30.3 Å². The van der Waals surface area contributed by atoms with Crippen LogP contribution in [0.4, 0.5) is 5.69 Å². The van der Waals surface area contributed by atoms with E-state index < -0.39 is 0 Å². The first-order valence-corrected chi connectivity index (χ1v) is 7.18. The van der Waals surface area contributed by atoms with Crippen LogP contribution < -0.4 is 10.6 Å². The third-order valence-corrected chi connectivity index (χ3v) is 3.48. The van der Waals surface area contributed by atoms with Gasteiger partial charge in [0.15, 0.2) is 0 Å². The highest BCUT2D eigenvalue weighted by Gasteiger charge is 2.21. The van der Waals surface area contributed by atoms with Gasteiger partial charge in [0.1, 0.15) is 0 Å². The largest absolute Gasteiger partial charge is 0.339 e. The molecule has 1 aliphatic heterocycles. The van der Waals surface area contributed by atoms with Crippen molar-refractivity contribution in [2.24, 2.45) is 0 Å². The van der Waals surface area contributed by atoms with E-state index in [9.17, 15) is 9.59 Å². The summed E-state index contributed by atoms with van der Waals surface area (Å²) in [4.78, 5) is 27.6. The fourth-order valence-electron chi connectivity index (χ4n) is 2.34. The van der Waals surface area contributed by atoms with Crippen molar-refractivity contribution >= 4 is 17.5 Å². The van der Waals surface area contributed by atoms with E-state index >= 15 is 0 Å². The number of hydrogen-bond acceptors (Lipinski definition) is 4. The molecule has 6 nitrogen and oxygen atoms in total. The number of carbonyl (C=O) groups excluding carboxylic acids is 2. The molecule has 0 spiro atoms. The Hall–Kier alpha value is -1.92. The molecule has 0 bridgehead atoms. The standard InChI is InChI=1S/C15H22N4O2/c1-16-11-15(21)19-9-7-18(8-10-19)12-14(20)17-13-5-3-2-4-6-13/h2-6,16H,7-12H2,1H3,(H,17,20). The second-order valence-corrected chi connectivity index (χ2v) is 5.10. The normalized spacial score (nSPS) is 15.8. The van der Waals surface area contributed by atoms with E-state index in [0.717, 1.165) is 18.8 Å². The zero-order valence-corrected chi connectivity index (χ0v) is 12.3. The highest BCUT2D eigenvalue weighted by Crippen LogP contribution is 2.06. The summed E-state index contributed by atoms with van der Waals surface area (Å²) in [5, 5.41) is 5.74. The molecule has 6 heteroatoms. The summed E-state index contributed by atoms with van der Waals surface area (Å²) < 4.78 is 0. The van der Waals surface area contributed by atoms with E-state index in [1.165, 1.54) is 0 Å². The zero-order chi connectivity index (χ0) is 15.1. The number of benzene rings is 1. The van der Waals surface area contributed by atoms with Crippen LogP contribution in [-0.2, 0) is 9.59 Å². The topological polar surface area (TPSA) is 64.7 Å². The van der Waals surface area contributed by atoms with Crippen molar-refractivity contribution < 1.29 is 9.59 Å². The Morgan fingerprint density at radius 2 is 1.76 bits per heavy atom. The number of para-hydroxylation sites is 1. The third kappa shape index (κ3) is 4.84. The SMILES string of the molecule is CNCC(=O)N1CCN(CC(=O)Nc2ccccc2)CC1. The molecule has 2 rings (SSSR count). The summed E-state index contributed by atoms with van der Waals surface area (Å²) in [6.45, 7) is 3.56. The summed E-state index contributed by atoms with van der Waals surface area (Å²) in [5.41, 5.74) is 0.810. The minimum absolute atomic E-state index is 0.0174. The minimum Gasteiger partial charge on any atom is -0.339 e. The lowest BCUT2D eigenvalue weighted by molar-refractivity contribution is -0.132. The monoisotopic (exact) mass is 290 g/mol. The van der Waals surface area contributed by atoms with Crippen molar-refractivity contribution in [1.29, 1.82) is 0 Å². The number of rotatable bonds is 5. The van der Waals surface area contributed by atoms with Gasteiger partial charge in [0, 0.05) is 31.9 Å². The lowest BCUT2D eigenvalue weighted by atomic mass is 10.3. The number of likely N-dealkylation sites (N-methyl/N-ethyl adjacent to an activating group) is 1. The van der Waals surface area contributed by atoms with Crippen LogP contribution >= 0.6 is 0 Å². The Morgan fingerprint density at radius 3 is 2.38 bits per heavy atom. The molecule has 0 atom stereocenters. The van der Waals surface area contributed by atoms with Crippen molar-refractivity contribution in [2.75, 3.05) is 51.6 Å². The number of anilines is 1. The summed E-state index contributed by atoms with van der Waals surface area (Å²) in [6, 6.07) is 9.43. The molecule has 0 aliphatic carbocycles. The molecule has 0 radical (unpaired) electrons. The molecule has 0 unspecified atom stereocenters. The van der Waals surface area contributed by atoms with Crippen LogP contribution in [0.5, 0.6) is 0 Å². The zero-order valence-electron chi connectivity index (χ0n) is 12.3. The van der Waals surface area contributed by atoms with Gasteiger partial charge < -0.3 is 15.5 Å². The van der Waals surface area contributed by atoms with Crippen molar-refractivity contribution in [2.45, 2.75) is 0 Å². The molecule has 1 aromatic carbocycles. The number of nitrogens with one attached hydrogen (secondary N) is 2. The van der Waals surface area contributed by atoms with Gasteiger partial charge in [-0.15, -0.1) is 0 Å². The Kier molecular flexibility index (Phi) is 5.71. The van der Waals surface area contributed by atoms with Crippen molar-refractivity contribution in [3.8, 4) is 0 Å². The molecule has 21 heavy (non-hydrogen) atoms. The summed E-state index contributed by atoms with van der Waals surface area (Å²) in [6.07, 6.45) is 0. The van der Waals surface area contributed by atoms with E-state index in [4.69, 9.17) is 0 Å². The fourth-order valence-corrected chi connectivity index (χ4v) is 2.34. The van der Waals surface area contributed by atoms with Crippen molar-refractivity contribution in [1.82, 2.24) is 15.1 Å². The molecule has 1 aliphatic rings. The van der Waals surface area contributed by atoms with Crippen LogP contribution in [0.2, 0.25) is 0 Å². The third-order valence-electron chi connectivity index (χ3n) is 3.48. The van der Waals surface area contributed by atoms with E-state index in [1.54, 1.807) is 7.05 Å². The smallest absolute Gasteiger partial charge is 0.238 e. The molecular weight excluding hydrogens is 268 g/mol. The maximum absolute atomic E-state index is 12.0.